The largest absolute Gasteiger partial charge is 0.436 e. The summed E-state index contributed by atoms with van der Waals surface area (Å²) in [7, 11) is 0. The van der Waals surface area contributed by atoms with Crippen LogP contribution in [0.4, 0.5) is 0 Å². The number of hydrogen-bond acceptors (Lipinski definition) is 3. The Labute approximate surface area is 96.5 Å². The highest BCUT2D eigenvalue weighted by Gasteiger charge is 2.44. The summed E-state index contributed by atoms with van der Waals surface area (Å²) < 4.78 is 10.9. The van der Waals surface area contributed by atoms with Gasteiger partial charge in [0, 0.05) is 6.42 Å². The molecule has 0 aromatic heterocycles. The smallest absolute Gasteiger partial charge is 0.311 e. The van der Waals surface area contributed by atoms with Gasteiger partial charge < -0.3 is 9.47 Å². The summed E-state index contributed by atoms with van der Waals surface area (Å²) in [6, 6.07) is 0. The van der Waals surface area contributed by atoms with E-state index >= 15 is 0 Å². The van der Waals surface area contributed by atoms with Gasteiger partial charge >= 0.3 is 5.97 Å². The fourth-order valence-electron chi connectivity index (χ4n) is 3.55. The van der Waals surface area contributed by atoms with Crippen molar-refractivity contribution in [2.24, 2.45) is 17.8 Å². The van der Waals surface area contributed by atoms with Crippen LogP contribution in [-0.4, -0.2) is 18.9 Å². The van der Waals surface area contributed by atoms with Crippen LogP contribution in [0.25, 0.3) is 0 Å². The predicted molar refractivity (Wildman–Crippen MR) is 58.6 cm³/mol. The van der Waals surface area contributed by atoms with Crippen LogP contribution in [0.5, 0.6) is 0 Å². The Hall–Kier alpha value is -0.570. The van der Waals surface area contributed by atoms with Crippen LogP contribution in [0.15, 0.2) is 0 Å². The zero-order valence-electron chi connectivity index (χ0n) is 9.69. The SMILES string of the molecule is O=C(OC1CCCCO1)C1CC2CCC1C2. The second-order valence-electron chi connectivity index (χ2n) is 5.51. The number of hydrogen-bond donors (Lipinski definition) is 0. The number of rotatable bonds is 2. The van der Waals surface area contributed by atoms with Gasteiger partial charge in [-0.3, -0.25) is 4.79 Å². The summed E-state index contributed by atoms with van der Waals surface area (Å²) in [4.78, 5) is 12.0. The van der Waals surface area contributed by atoms with Gasteiger partial charge in [-0.25, -0.2) is 0 Å². The quantitative estimate of drug-likeness (QED) is 0.676. The van der Waals surface area contributed by atoms with E-state index < -0.39 is 0 Å². The molecule has 2 aliphatic carbocycles. The molecule has 1 aliphatic heterocycles. The van der Waals surface area contributed by atoms with Gasteiger partial charge in [0.15, 0.2) is 0 Å². The van der Waals surface area contributed by atoms with E-state index in [-0.39, 0.29) is 18.2 Å². The minimum absolute atomic E-state index is 0.0131. The maximum atomic E-state index is 12.0. The number of carbonyl (C=O) groups is 1. The first kappa shape index (κ1) is 10.6. The fourth-order valence-corrected chi connectivity index (χ4v) is 3.55. The average Bonchev–Trinajstić information content (AvgIpc) is 2.92. The minimum Gasteiger partial charge on any atom is -0.436 e. The van der Waals surface area contributed by atoms with E-state index in [1.54, 1.807) is 0 Å². The molecule has 0 aromatic rings. The lowest BCUT2D eigenvalue weighted by Gasteiger charge is -2.26. The molecule has 3 rings (SSSR count). The Kier molecular flexibility index (Phi) is 2.88. The summed E-state index contributed by atoms with van der Waals surface area (Å²) in [5, 5.41) is 0. The van der Waals surface area contributed by atoms with Crippen LogP contribution >= 0.6 is 0 Å². The van der Waals surface area contributed by atoms with Crippen molar-refractivity contribution >= 4 is 5.97 Å². The number of carbonyl (C=O) groups excluding carboxylic acids is 1. The van der Waals surface area contributed by atoms with E-state index in [9.17, 15) is 4.79 Å². The Bertz CT molecular complexity index is 270. The third-order valence-corrected chi connectivity index (χ3v) is 4.43. The van der Waals surface area contributed by atoms with Crippen LogP contribution < -0.4 is 0 Å². The molecule has 16 heavy (non-hydrogen) atoms. The van der Waals surface area contributed by atoms with Gasteiger partial charge in [-0.1, -0.05) is 6.42 Å². The molecule has 4 unspecified atom stereocenters. The lowest BCUT2D eigenvalue weighted by atomic mass is 9.89. The Balaban J connectivity index is 1.53. The summed E-state index contributed by atoms with van der Waals surface area (Å²) in [5.74, 6) is 1.61. The molecule has 3 fully saturated rings. The molecule has 3 heteroatoms. The van der Waals surface area contributed by atoms with Crippen molar-refractivity contribution in [3.05, 3.63) is 0 Å². The molecule has 0 radical (unpaired) electrons. The first-order valence-corrected chi connectivity index (χ1v) is 6.65. The van der Waals surface area contributed by atoms with Crippen LogP contribution in [0.1, 0.15) is 44.9 Å². The van der Waals surface area contributed by atoms with Crippen molar-refractivity contribution in [3.63, 3.8) is 0 Å². The van der Waals surface area contributed by atoms with Crippen molar-refractivity contribution in [3.8, 4) is 0 Å². The first-order valence-electron chi connectivity index (χ1n) is 6.65. The van der Waals surface area contributed by atoms with Crippen LogP contribution in [0, 0.1) is 17.8 Å². The zero-order valence-corrected chi connectivity index (χ0v) is 9.69. The van der Waals surface area contributed by atoms with Gasteiger partial charge in [0.05, 0.1) is 12.5 Å². The van der Waals surface area contributed by atoms with Crippen LogP contribution in [0.2, 0.25) is 0 Å². The molecular formula is C13H20O3. The molecule has 0 N–H and O–H groups in total. The standard InChI is InChI=1S/C13H20O3/c14-13(16-12-3-1-2-6-15-12)11-8-9-4-5-10(11)7-9/h9-12H,1-8H2. The second kappa shape index (κ2) is 4.36. The number of esters is 1. The molecule has 0 spiro atoms. The predicted octanol–water partition coefficient (Wildman–Crippen LogP) is 2.49. The monoisotopic (exact) mass is 224 g/mol. The Morgan fingerprint density at radius 2 is 2.06 bits per heavy atom. The maximum absolute atomic E-state index is 12.0. The molecule has 2 bridgehead atoms. The molecule has 1 heterocycles. The third-order valence-electron chi connectivity index (χ3n) is 4.43. The van der Waals surface area contributed by atoms with E-state index in [1.807, 2.05) is 0 Å². The summed E-state index contributed by atoms with van der Waals surface area (Å²) in [6.07, 6.45) is 7.73. The van der Waals surface area contributed by atoms with E-state index in [4.69, 9.17) is 9.47 Å². The molecular weight excluding hydrogens is 204 g/mol. The van der Waals surface area contributed by atoms with Gasteiger partial charge in [-0.15, -0.1) is 0 Å². The lowest BCUT2D eigenvalue weighted by Crippen LogP contribution is -2.31. The van der Waals surface area contributed by atoms with Gasteiger partial charge in [0.1, 0.15) is 0 Å². The summed E-state index contributed by atoms with van der Waals surface area (Å²) in [6.45, 7) is 0.745. The number of fused-ring (bicyclic) bond motifs is 2. The molecule has 90 valence electrons. The highest BCUT2D eigenvalue weighted by molar-refractivity contribution is 5.73. The van der Waals surface area contributed by atoms with E-state index in [1.165, 1.54) is 19.3 Å². The van der Waals surface area contributed by atoms with Gasteiger partial charge in [-0.05, 0) is 43.9 Å². The molecule has 0 aromatic carbocycles. The first-order chi connectivity index (χ1) is 7.83. The normalized spacial score (nSPS) is 42.2. The molecule has 3 aliphatic rings. The Morgan fingerprint density at radius 3 is 2.69 bits per heavy atom. The topological polar surface area (TPSA) is 35.5 Å². The molecule has 0 amide bonds. The van der Waals surface area contributed by atoms with Crippen molar-refractivity contribution in [1.29, 1.82) is 0 Å². The maximum Gasteiger partial charge on any atom is 0.311 e. The van der Waals surface area contributed by atoms with E-state index in [2.05, 4.69) is 0 Å². The Morgan fingerprint density at radius 1 is 1.12 bits per heavy atom. The molecule has 1 saturated heterocycles. The minimum atomic E-state index is -0.250. The summed E-state index contributed by atoms with van der Waals surface area (Å²) >= 11 is 0. The highest BCUT2D eigenvalue weighted by Crippen LogP contribution is 2.48. The highest BCUT2D eigenvalue weighted by atomic mass is 16.7. The van der Waals surface area contributed by atoms with Crippen molar-refractivity contribution in [2.45, 2.75) is 51.2 Å². The van der Waals surface area contributed by atoms with Gasteiger partial charge in [-0.2, -0.15) is 0 Å². The van der Waals surface area contributed by atoms with E-state index in [0.29, 0.717) is 5.92 Å². The second-order valence-corrected chi connectivity index (χ2v) is 5.51. The van der Waals surface area contributed by atoms with Crippen molar-refractivity contribution < 1.29 is 14.3 Å². The van der Waals surface area contributed by atoms with Crippen LogP contribution in [-0.2, 0) is 14.3 Å². The average molecular weight is 224 g/mol. The van der Waals surface area contributed by atoms with Crippen LogP contribution in [0.3, 0.4) is 0 Å². The molecule has 4 atom stereocenters. The van der Waals surface area contributed by atoms with Crippen molar-refractivity contribution in [1.82, 2.24) is 0 Å². The molecule has 2 saturated carbocycles. The van der Waals surface area contributed by atoms with E-state index in [0.717, 1.165) is 38.2 Å². The van der Waals surface area contributed by atoms with Gasteiger partial charge in [0.25, 0.3) is 0 Å². The fraction of sp³-hybridized carbons (Fsp3) is 0.923. The summed E-state index contributed by atoms with van der Waals surface area (Å²) in [5.41, 5.74) is 0. The van der Waals surface area contributed by atoms with Crippen molar-refractivity contribution in [2.75, 3.05) is 6.61 Å². The number of ether oxygens (including phenoxy) is 2. The third kappa shape index (κ3) is 1.97. The van der Waals surface area contributed by atoms with Gasteiger partial charge in [0.2, 0.25) is 6.29 Å². The lowest BCUT2D eigenvalue weighted by molar-refractivity contribution is -0.192. The zero-order chi connectivity index (χ0) is 11.0. The molecule has 3 nitrogen and oxygen atoms in total.